The van der Waals surface area contributed by atoms with Gasteiger partial charge in [0.05, 0.1) is 32.2 Å². The van der Waals surface area contributed by atoms with Gasteiger partial charge in [-0.05, 0) is 42.7 Å². The highest BCUT2D eigenvalue weighted by atomic mass is 32.2. The van der Waals surface area contributed by atoms with Gasteiger partial charge >= 0.3 is 0 Å². The lowest BCUT2D eigenvalue weighted by Crippen LogP contribution is -2.19. The second-order valence-corrected chi connectivity index (χ2v) is 12.0. The molecule has 228 valence electrons. The molecule has 2 aromatic heterocycles. The Morgan fingerprint density at radius 2 is 1.64 bits per heavy atom. The molecule has 0 fully saturated rings. The van der Waals surface area contributed by atoms with Crippen molar-refractivity contribution >= 4 is 15.6 Å². The van der Waals surface area contributed by atoms with Crippen molar-refractivity contribution in [2.45, 2.75) is 76.4 Å². The van der Waals surface area contributed by atoms with E-state index in [1.54, 1.807) is 18.2 Å². The number of halogens is 2. The number of ketones is 1. The standard InChI is InChI=1S/C30H37F2N3O6S/c1-4-5-6-7-8-10-23(36)11-9-16-42(38,39)30-33-24(18-25(34-30)29(31)32)22-13-15-28(37)35(20-22)19-21-12-14-26(40-2)27(17-21)41-3/h12-15,17-18,20,29H,4-11,16,19H2,1-3H3. The van der Waals surface area contributed by atoms with Crippen molar-refractivity contribution in [3.63, 3.8) is 0 Å². The largest absolute Gasteiger partial charge is 0.493 e. The van der Waals surface area contributed by atoms with Crippen LogP contribution >= 0.6 is 0 Å². The molecule has 0 amide bonds. The summed E-state index contributed by atoms with van der Waals surface area (Å²) >= 11 is 0. The van der Waals surface area contributed by atoms with Crippen molar-refractivity contribution in [2.24, 2.45) is 0 Å². The normalized spacial score (nSPS) is 11.6. The molecule has 0 aliphatic carbocycles. The molecule has 0 radical (unpaired) electrons. The van der Waals surface area contributed by atoms with Crippen LogP contribution in [0.25, 0.3) is 11.3 Å². The molecule has 0 saturated carbocycles. The van der Waals surface area contributed by atoms with Gasteiger partial charge < -0.3 is 14.0 Å². The van der Waals surface area contributed by atoms with Gasteiger partial charge in [0, 0.05) is 30.7 Å². The molecular formula is C30H37F2N3O6S. The van der Waals surface area contributed by atoms with Crippen LogP contribution in [-0.2, 0) is 21.2 Å². The van der Waals surface area contributed by atoms with Crippen LogP contribution in [0, 0.1) is 0 Å². The molecule has 0 unspecified atom stereocenters. The molecule has 0 N–H and O–H groups in total. The summed E-state index contributed by atoms with van der Waals surface area (Å²) in [5, 5.41) is -0.736. The zero-order valence-corrected chi connectivity index (χ0v) is 25.0. The first-order chi connectivity index (χ1) is 20.1. The first-order valence-corrected chi connectivity index (χ1v) is 15.6. The number of carbonyl (C=O) groups excluding carboxylic acids is 1. The topological polar surface area (TPSA) is 117 Å². The summed E-state index contributed by atoms with van der Waals surface area (Å²) in [7, 11) is -1.16. The van der Waals surface area contributed by atoms with E-state index in [1.807, 2.05) is 0 Å². The molecule has 1 aromatic carbocycles. The van der Waals surface area contributed by atoms with Crippen LogP contribution in [0.1, 0.15) is 76.0 Å². The molecule has 3 aromatic rings. The maximum absolute atomic E-state index is 13.7. The maximum atomic E-state index is 13.7. The number of carbonyl (C=O) groups is 1. The summed E-state index contributed by atoms with van der Waals surface area (Å²) in [6.45, 7) is 2.23. The molecular weight excluding hydrogens is 568 g/mol. The Morgan fingerprint density at radius 1 is 0.929 bits per heavy atom. The fraction of sp³-hybridized carbons (Fsp3) is 0.467. The van der Waals surface area contributed by atoms with Gasteiger partial charge in [0.15, 0.2) is 11.5 Å². The van der Waals surface area contributed by atoms with Gasteiger partial charge in [-0.3, -0.25) is 9.59 Å². The van der Waals surface area contributed by atoms with Crippen LogP contribution in [0.4, 0.5) is 8.78 Å². The minimum atomic E-state index is -4.16. The quantitative estimate of drug-likeness (QED) is 0.140. The van der Waals surface area contributed by atoms with Crippen LogP contribution in [0.3, 0.4) is 0 Å². The van der Waals surface area contributed by atoms with Crippen molar-refractivity contribution in [3.05, 3.63) is 64.2 Å². The number of rotatable bonds is 17. The Kier molecular flexibility index (Phi) is 12.1. The smallest absolute Gasteiger partial charge is 0.280 e. The van der Waals surface area contributed by atoms with E-state index in [4.69, 9.17) is 9.47 Å². The number of methoxy groups -OCH3 is 2. The van der Waals surface area contributed by atoms with Crippen molar-refractivity contribution in [2.75, 3.05) is 20.0 Å². The molecule has 0 saturated heterocycles. The number of benzene rings is 1. The highest BCUT2D eigenvalue weighted by Gasteiger charge is 2.23. The van der Waals surface area contributed by atoms with Gasteiger partial charge in [-0.1, -0.05) is 38.7 Å². The summed E-state index contributed by atoms with van der Waals surface area (Å²) in [4.78, 5) is 32.5. The summed E-state index contributed by atoms with van der Waals surface area (Å²) < 4.78 is 65.4. The van der Waals surface area contributed by atoms with E-state index in [1.165, 1.54) is 37.1 Å². The Bertz CT molecular complexity index is 1530. The monoisotopic (exact) mass is 605 g/mol. The molecule has 12 heteroatoms. The molecule has 2 heterocycles. The molecule has 0 bridgehead atoms. The van der Waals surface area contributed by atoms with Gasteiger partial charge in [-0.2, -0.15) is 0 Å². The predicted octanol–water partition coefficient (Wildman–Crippen LogP) is 5.79. The van der Waals surface area contributed by atoms with Crippen LogP contribution in [0.15, 0.2) is 52.5 Å². The first kappa shape index (κ1) is 32.8. The number of aromatic nitrogens is 3. The van der Waals surface area contributed by atoms with Crippen LogP contribution in [0.2, 0.25) is 0 Å². The number of ether oxygens (including phenoxy) is 2. The Morgan fingerprint density at radius 3 is 2.33 bits per heavy atom. The van der Waals surface area contributed by atoms with E-state index < -0.39 is 32.9 Å². The van der Waals surface area contributed by atoms with Gasteiger partial charge in [0.2, 0.25) is 15.0 Å². The lowest BCUT2D eigenvalue weighted by molar-refractivity contribution is -0.119. The fourth-order valence-electron chi connectivity index (χ4n) is 4.43. The third kappa shape index (κ3) is 9.17. The molecule has 0 spiro atoms. The molecule has 0 atom stereocenters. The number of sulfone groups is 1. The van der Waals surface area contributed by atoms with Crippen LogP contribution < -0.4 is 15.0 Å². The fourth-order valence-corrected chi connectivity index (χ4v) is 5.61. The van der Waals surface area contributed by atoms with E-state index in [2.05, 4.69) is 16.9 Å². The molecule has 3 rings (SSSR count). The first-order valence-electron chi connectivity index (χ1n) is 13.9. The second kappa shape index (κ2) is 15.5. The third-order valence-electron chi connectivity index (χ3n) is 6.74. The number of unbranched alkanes of at least 4 members (excludes halogenated alkanes) is 4. The third-order valence-corrected chi connectivity index (χ3v) is 8.30. The van der Waals surface area contributed by atoms with Crippen LogP contribution in [0.5, 0.6) is 11.5 Å². The summed E-state index contributed by atoms with van der Waals surface area (Å²) in [5.41, 5.74) is -0.210. The van der Waals surface area contributed by atoms with Gasteiger partial charge in [-0.15, -0.1) is 0 Å². The molecule has 42 heavy (non-hydrogen) atoms. The summed E-state index contributed by atoms with van der Waals surface area (Å²) in [5.74, 6) is 0.518. The molecule has 9 nitrogen and oxygen atoms in total. The Balaban J connectivity index is 1.81. The number of nitrogens with zero attached hydrogens (tertiary/aromatic N) is 3. The average Bonchev–Trinajstić information content (AvgIpc) is 2.97. The number of Topliss-reactive ketones (excluding diaryl/α,β-unsaturated/α-hetero) is 1. The van der Waals surface area contributed by atoms with Gasteiger partial charge in [0.25, 0.3) is 12.0 Å². The maximum Gasteiger partial charge on any atom is 0.280 e. The van der Waals surface area contributed by atoms with E-state index >= 15 is 0 Å². The second-order valence-electron chi connectivity index (χ2n) is 9.96. The van der Waals surface area contributed by atoms with Crippen molar-refractivity contribution < 1.29 is 31.5 Å². The minimum Gasteiger partial charge on any atom is -0.493 e. The van der Waals surface area contributed by atoms with Gasteiger partial charge in [-0.25, -0.2) is 27.2 Å². The van der Waals surface area contributed by atoms with Crippen molar-refractivity contribution in [3.8, 4) is 22.8 Å². The van der Waals surface area contributed by atoms with E-state index in [0.717, 1.165) is 38.2 Å². The highest BCUT2D eigenvalue weighted by Crippen LogP contribution is 2.28. The summed E-state index contributed by atoms with van der Waals surface area (Å²) in [6, 6.07) is 8.80. The summed E-state index contributed by atoms with van der Waals surface area (Å²) in [6.07, 6.45) is 3.89. The van der Waals surface area contributed by atoms with E-state index in [9.17, 15) is 26.8 Å². The van der Waals surface area contributed by atoms with Crippen molar-refractivity contribution in [1.82, 2.24) is 14.5 Å². The number of alkyl halides is 2. The number of pyridine rings is 1. The Hall–Kier alpha value is -3.67. The van der Waals surface area contributed by atoms with E-state index in [-0.39, 0.29) is 42.0 Å². The minimum absolute atomic E-state index is 0.0265. The Labute approximate surface area is 244 Å². The molecule has 0 aliphatic heterocycles. The predicted molar refractivity (Wildman–Crippen MR) is 155 cm³/mol. The SMILES string of the molecule is CCCCCCCC(=O)CCCS(=O)(=O)c1nc(-c2ccc(=O)n(Cc3ccc(OC)c(OC)c3)c2)cc(C(F)F)n1. The zero-order chi connectivity index (χ0) is 30.7. The molecule has 0 aliphatic rings. The van der Waals surface area contributed by atoms with Crippen molar-refractivity contribution in [1.29, 1.82) is 0 Å². The number of hydrogen-bond acceptors (Lipinski definition) is 8. The average molecular weight is 606 g/mol. The van der Waals surface area contributed by atoms with Crippen LogP contribution in [-0.4, -0.2) is 48.7 Å². The zero-order valence-electron chi connectivity index (χ0n) is 24.1. The van der Waals surface area contributed by atoms with E-state index in [0.29, 0.717) is 23.5 Å². The lowest BCUT2D eigenvalue weighted by atomic mass is 10.1. The van der Waals surface area contributed by atoms with Gasteiger partial charge in [0.1, 0.15) is 11.5 Å². The lowest BCUT2D eigenvalue weighted by Gasteiger charge is -2.12. The number of hydrogen-bond donors (Lipinski definition) is 0. The highest BCUT2D eigenvalue weighted by molar-refractivity contribution is 7.91.